The third-order valence-electron chi connectivity index (χ3n) is 4.22. The molecule has 2 aromatic rings. The van der Waals surface area contributed by atoms with Crippen LogP contribution in [0.5, 0.6) is 0 Å². The fourth-order valence-electron chi connectivity index (χ4n) is 2.88. The molecule has 1 aromatic heterocycles. The molecule has 1 saturated heterocycles. The first-order chi connectivity index (χ1) is 11.5. The van der Waals surface area contributed by atoms with Crippen molar-refractivity contribution in [3.63, 3.8) is 0 Å². The summed E-state index contributed by atoms with van der Waals surface area (Å²) in [6.07, 6.45) is 1.83. The van der Waals surface area contributed by atoms with Gasteiger partial charge in [0.25, 0.3) is 0 Å². The predicted octanol–water partition coefficient (Wildman–Crippen LogP) is 3.27. The lowest BCUT2D eigenvalue weighted by molar-refractivity contribution is -0.129. The van der Waals surface area contributed by atoms with Gasteiger partial charge in [-0.1, -0.05) is 28.1 Å². The quantitative estimate of drug-likeness (QED) is 0.851. The summed E-state index contributed by atoms with van der Waals surface area (Å²) in [4.78, 5) is 26.3. The standard InChI is InChI=1S/C18H19BrN2O3/c1-12(13-4-2-5-15(19)8-13)20-18(23)14-9-17(22)21(10-14)11-16-6-3-7-24-16/h2-8,12,14H,9-11H2,1H3,(H,20,23). The lowest BCUT2D eigenvalue weighted by atomic mass is 10.1. The first-order valence-electron chi connectivity index (χ1n) is 7.89. The normalized spacial score (nSPS) is 18.7. The molecule has 0 bridgehead atoms. The maximum absolute atomic E-state index is 12.5. The summed E-state index contributed by atoms with van der Waals surface area (Å²) in [6, 6.07) is 11.3. The number of carbonyl (C=O) groups is 2. The maximum atomic E-state index is 12.5. The lowest BCUT2D eigenvalue weighted by Gasteiger charge is -2.18. The van der Waals surface area contributed by atoms with Crippen LogP contribution in [0.4, 0.5) is 0 Å². The second-order valence-corrected chi connectivity index (χ2v) is 6.96. The first-order valence-corrected chi connectivity index (χ1v) is 8.68. The zero-order valence-electron chi connectivity index (χ0n) is 13.4. The maximum Gasteiger partial charge on any atom is 0.225 e. The molecule has 126 valence electrons. The van der Waals surface area contributed by atoms with Gasteiger partial charge >= 0.3 is 0 Å². The Balaban J connectivity index is 1.58. The van der Waals surface area contributed by atoms with Gasteiger partial charge in [0.2, 0.25) is 11.8 Å². The Bertz CT molecular complexity index is 730. The first kappa shape index (κ1) is 16.8. The molecule has 1 fully saturated rings. The van der Waals surface area contributed by atoms with E-state index >= 15 is 0 Å². The monoisotopic (exact) mass is 390 g/mol. The van der Waals surface area contributed by atoms with Crippen LogP contribution in [0.15, 0.2) is 51.6 Å². The van der Waals surface area contributed by atoms with E-state index in [2.05, 4.69) is 21.2 Å². The molecule has 2 atom stereocenters. The summed E-state index contributed by atoms with van der Waals surface area (Å²) in [5.74, 6) is 0.313. The molecule has 1 N–H and O–H groups in total. The second-order valence-electron chi connectivity index (χ2n) is 6.04. The fraction of sp³-hybridized carbons (Fsp3) is 0.333. The molecular weight excluding hydrogens is 372 g/mol. The van der Waals surface area contributed by atoms with Gasteiger partial charge in [-0.3, -0.25) is 9.59 Å². The smallest absolute Gasteiger partial charge is 0.225 e. The summed E-state index contributed by atoms with van der Waals surface area (Å²) in [7, 11) is 0. The highest BCUT2D eigenvalue weighted by atomic mass is 79.9. The number of furan rings is 1. The minimum Gasteiger partial charge on any atom is -0.467 e. The van der Waals surface area contributed by atoms with Crippen molar-refractivity contribution in [3.8, 4) is 0 Å². The van der Waals surface area contributed by atoms with Crippen LogP contribution in [-0.4, -0.2) is 23.3 Å². The second kappa shape index (κ2) is 7.21. The molecule has 1 aliphatic rings. The number of likely N-dealkylation sites (tertiary alicyclic amines) is 1. The van der Waals surface area contributed by atoms with Crippen LogP contribution in [0.2, 0.25) is 0 Å². The van der Waals surface area contributed by atoms with E-state index in [1.807, 2.05) is 37.3 Å². The van der Waals surface area contributed by atoms with Gasteiger partial charge in [-0.15, -0.1) is 0 Å². The van der Waals surface area contributed by atoms with Gasteiger partial charge in [0.05, 0.1) is 24.8 Å². The van der Waals surface area contributed by atoms with E-state index in [-0.39, 0.29) is 30.2 Å². The number of carbonyl (C=O) groups excluding carboxylic acids is 2. The van der Waals surface area contributed by atoms with Crippen molar-refractivity contribution in [2.24, 2.45) is 5.92 Å². The number of benzene rings is 1. The van der Waals surface area contributed by atoms with E-state index in [9.17, 15) is 9.59 Å². The molecule has 0 saturated carbocycles. The third kappa shape index (κ3) is 3.87. The number of amides is 2. The van der Waals surface area contributed by atoms with Crippen LogP contribution in [0, 0.1) is 5.92 Å². The van der Waals surface area contributed by atoms with Gasteiger partial charge in [-0.2, -0.15) is 0 Å². The highest BCUT2D eigenvalue weighted by Crippen LogP contribution is 2.23. The van der Waals surface area contributed by atoms with E-state index in [1.165, 1.54) is 0 Å². The fourth-order valence-corrected chi connectivity index (χ4v) is 3.30. The number of hydrogen-bond acceptors (Lipinski definition) is 3. The van der Waals surface area contributed by atoms with Crippen LogP contribution in [0.3, 0.4) is 0 Å². The largest absolute Gasteiger partial charge is 0.467 e. The minimum absolute atomic E-state index is 0.0124. The Kier molecular flexibility index (Phi) is 5.04. The Labute approximate surface area is 149 Å². The Morgan fingerprint density at radius 1 is 1.42 bits per heavy atom. The molecule has 5 nitrogen and oxygen atoms in total. The lowest BCUT2D eigenvalue weighted by Crippen LogP contribution is -2.34. The van der Waals surface area contributed by atoms with E-state index in [0.29, 0.717) is 13.1 Å². The van der Waals surface area contributed by atoms with Crippen molar-refractivity contribution in [1.29, 1.82) is 0 Å². The SMILES string of the molecule is CC(NC(=O)C1CC(=O)N(Cc2ccco2)C1)c1cccc(Br)c1. The molecule has 0 aliphatic carbocycles. The van der Waals surface area contributed by atoms with Crippen LogP contribution in [0.1, 0.15) is 30.7 Å². The van der Waals surface area contributed by atoms with Gasteiger partial charge in [0.1, 0.15) is 5.76 Å². The van der Waals surface area contributed by atoms with Gasteiger partial charge in [0, 0.05) is 17.4 Å². The predicted molar refractivity (Wildman–Crippen MR) is 92.9 cm³/mol. The Morgan fingerprint density at radius 3 is 2.96 bits per heavy atom. The molecule has 2 heterocycles. The topological polar surface area (TPSA) is 62.6 Å². The molecule has 2 unspecified atom stereocenters. The average molecular weight is 391 g/mol. The summed E-state index contributed by atoms with van der Waals surface area (Å²) in [5.41, 5.74) is 1.02. The number of rotatable bonds is 5. The van der Waals surface area contributed by atoms with Crippen molar-refractivity contribution >= 4 is 27.7 Å². The zero-order chi connectivity index (χ0) is 17.1. The van der Waals surface area contributed by atoms with Crippen molar-refractivity contribution in [3.05, 3.63) is 58.5 Å². The highest BCUT2D eigenvalue weighted by Gasteiger charge is 2.35. The van der Waals surface area contributed by atoms with E-state index in [0.717, 1.165) is 15.8 Å². The average Bonchev–Trinajstić information content (AvgIpc) is 3.18. The summed E-state index contributed by atoms with van der Waals surface area (Å²) < 4.78 is 6.25. The molecule has 24 heavy (non-hydrogen) atoms. The molecule has 0 spiro atoms. The molecule has 1 aromatic carbocycles. The van der Waals surface area contributed by atoms with E-state index in [4.69, 9.17) is 4.42 Å². The van der Waals surface area contributed by atoms with Gasteiger partial charge in [-0.05, 0) is 36.8 Å². The number of halogens is 1. The zero-order valence-corrected chi connectivity index (χ0v) is 15.0. The van der Waals surface area contributed by atoms with Gasteiger partial charge in [-0.25, -0.2) is 0 Å². The molecule has 6 heteroatoms. The number of nitrogens with zero attached hydrogens (tertiary/aromatic N) is 1. The van der Waals surface area contributed by atoms with E-state index < -0.39 is 0 Å². The highest BCUT2D eigenvalue weighted by molar-refractivity contribution is 9.10. The minimum atomic E-state index is -0.318. The van der Waals surface area contributed by atoms with E-state index in [1.54, 1.807) is 17.2 Å². The van der Waals surface area contributed by atoms with Crippen molar-refractivity contribution < 1.29 is 14.0 Å². The van der Waals surface area contributed by atoms with Crippen LogP contribution in [-0.2, 0) is 16.1 Å². The molecule has 3 rings (SSSR count). The van der Waals surface area contributed by atoms with Crippen molar-refractivity contribution in [1.82, 2.24) is 10.2 Å². The summed E-state index contributed by atoms with van der Waals surface area (Å²) in [5, 5.41) is 3.00. The van der Waals surface area contributed by atoms with Gasteiger partial charge in [0.15, 0.2) is 0 Å². The van der Waals surface area contributed by atoms with Crippen molar-refractivity contribution in [2.45, 2.75) is 25.9 Å². The molecule has 1 aliphatic heterocycles. The summed E-state index contributed by atoms with van der Waals surface area (Å²) >= 11 is 3.43. The summed E-state index contributed by atoms with van der Waals surface area (Å²) in [6.45, 7) is 2.78. The van der Waals surface area contributed by atoms with Crippen LogP contribution in [0.25, 0.3) is 0 Å². The van der Waals surface area contributed by atoms with Gasteiger partial charge < -0.3 is 14.6 Å². The number of nitrogens with one attached hydrogen (secondary N) is 1. The Morgan fingerprint density at radius 2 is 2.25 bits per heavy atom. The molecular formula is C18H19BrN2O3. The van der Waals surface area contributed by atoms with Crippen molar-refractivity contribution in [2.75, 3.05) is 6.54 Å². The Hall–Kier alpha value is -2.08. The third-order valence-corrected chi connectivity index (χ3v) is 4.71. The van der Waals surface area contributed by atoms with Crippen LogP contribution < -0.4 is 5.32 Å². The number of hydrogen-bond donors (Lipinski definition) is 1. The molecule has 0 radical (unpaired) electrons. The van der Waals surface area contributed by atoms with Crippen LogP contribution >= 0.6 is 15.9 Å². The molecule has 2 amide bonds.